The summed E-state index contributed by atoms with van der Waals surface area (Å²) in [6, 6.07) is 8.39. The number of amides is 1. The van der Waals surface area contributed by atoms with Gasteiger partial charge in [-0.05, 0) is 55.3 Å². The molecule has 0 radical (unpaired) electrons. The van der Waals surface area contributed by atoms with E-state index < -0.39 is 0 Å². The Morgan fingerprint density at radius 1 is 1.12 bits per heavy atom. The van der Waals surface area contributed by atoms with E-state index in [9.17, 15) is 4.79 Å². The van der Waals surface area contributed by atoms with Crippen LogP contribution in [0.15, 0.2) is 28.7 Å². The fraction of sp³-hybridized carbons (Fsp3) is 0.611. The van der Waals surface area contributed by atoms with Gasteiger partial charge in [0.2, 0.25) is 5.91 Å². The Bertz CT molecular complexity index is 590. The third-order valence-electron chi connectivity index (χ3n) is 5.94. The summed E-state index contributed by atoms with van der Waals surface area (Å²) in [5.74, 6) is 0.253. The third kappa shape index (κ3) is 3.25. The van der Waals surface area contributed by atoms with E-state index in [0.717, 1.165) is 49.9 Å². The zero-order valence-electron chi connectivity index (χ0n) is 13.9. The zero-order chi connectivity index (χ0) is 16.6. The minimum atomic E-state index is -0.116. The maximum Gasteiger partial charge on any atom is 0.241 e. The van der Waals surface area contributed by atoms with Crippen LogP contribution in [0.3, 0.4) is 0 Å². The predicted octanol–water partition coefficient (Wildman–Crippen LogP) is 1.96. The van der Waals surface area contributed by atoms with Gasteiger partial charge in [0.15, 0.2) is 0 Å². The molecule has 3 heterocycles. The highest BCUT2D eigenvalue weighted by Gasteiger charge is 2.40. The lowest BCUT2D eigenvalue weighted by Crippen LogP contribution is -2.50. The molecule has 3 aliphatic rings. The van der Waals surface area contributed by atoms with Crippen molar-refractivity contribution in [3.63, 3.8) is 0 Å². The Morgan fingerprint density at radius 3 is 2.54 bits per heavy atom. The molecule has 1 aromatic carbocycles. The summed E-state index contributed by atoms with van der Waals surface area (Å²) < 4.78 is 1.08. The minimum absolute atomic E-state index is 0.116. The molecule has 1 spiro atoms. The fourth-order valence-corrected chi connectivity index (χ4v) is 4.54. The molecule has 0 saturated carbocycles. The van der Waals surface area contributed by atoms with Crippen molar-refractivity contribution in [3.8, 4) is 0 Å². The number of hydrazine groups is 1. The van der Waals surface area contributed by atoms with E-state index in [-0.39, 0.29) is 18.0 Å². The number of carbonyl (C=O) groups is 1. The fourth-order valence-electron chi connectivity index (χ4n) is 4.28. The summed E-state index contributed by atoms with van der Waals surface area (Å²) in [4.78, 5) is 14.9. The number of piperidine rings is 1. The molecule has 6 heteroatoms. The molecule has 3 aliphatic heterocycles. The summed E-state index contributed by atoms with van der Waals surface area (Å²) in [7, 11) is 0. The maximum absolute atomic E-state index is 12.8. The normalized spacial score (nSPS) is 29.3. The van der Waals surface area contributed by atoms with Crippen LogP contribution in [0.2, 0.25) is 0 Å². The van der Waals surface area contributed by atoms with E-state index in [1.165, 1.54) is 12.0 Å². The highest BCUT2D eigenvalue weighted by molar-refractivity contribution is 9.10. The molecule has 3 fully saturated rings. The minimum Gasteiger partial charge on any atom is -0.341 e. The van der Waals surface area contributed by atoms with Crippen LogP contribution >= 0.6 is 15.9 Å². The van der Waals surface area contributed by atoms with Crippen molar-refractivity contribution in [1.29, 1.82) is 0 Å². The van der Waals surface area contributed by atoms with Gasteiger partial charge >= 0.3 is 0 Å². The van der Waals surface area contributed by atoms with Crippen LogP contribution in [0.5, 0.6) is 0 Å². The lowest BCUT2D eigenvalue weighted by molar-refractivity contribution is -0.135. The molecule has 0 aliphatic carbocycles. The molecule has 1 amide bonds. The van der Waals surface area contributed by atoms with Crippen LogP contribution in [0.1, 0.15) is 37.3 Å². The van der Waals surface area contributed by atoms with E-state index >= 15 is 0 Å². The van der Waals surface area contributed by atoms with Gasteiger partial charge in [-0.25, -0.2) is 10.9 Å². The van der Waals surface area contributed by atoms with Gasteiger partial charge in [-0.15, -0.1) is 0 Å². The van der Waals surface area contributed by atoms with Crippen molar-refractivity contribution in [2.24, 2.45) is 5.41 Å². The second-order valence-corrected chi connectivity index (χ2v) is 8.35. The van der Waals surface area contributed by atoms with Gasteiger partial charge in [-0.2, -0.15) is 0 Å². The smallest absolute Gasteiger partial charge is 0.241 e. The van der Waals surface area contributed by atoms with Gasteiger partial charge in [-0.3, -0.25) is 4.79 Å². The molecule has 2 atom stereocenters. The first-order valence-electron chi connectivity index (χ1n) is 8.91. The van der Waals surface area contributed by atoms with Gasteiger partial charge in [0.1, 0.15) is 6.04 Å². The molecule has 4 rings (SSSR count). The van der Waals surface area contributed by atoms with Crippen molar-refractivity contribution in [2.75, 3.05) is 26.2 Å². The molecule has 5 nitrogen and oxygen atoms in total. The van der Waals surface area contributed by atoms with E-state index in [1.807, 2.05) is 12.1 Å². The first-order chi connectivity index (χ1) is 11.7. The molecule has 0 aromatic heterocycles. The number of nitrogens with zero attached hydrogens (tertiary/aromatic N) is 1. The van der Waals surface area contributed by atoms with Crippen molar-refractivity contribution in [3.05, 3.63) is 34.3 Å². The molecule has 3 N–H and O–H groups in total. The SMILES string of the molecule is O=C(C1CC(c2ccc(Br)cc2)NN1)N1CCC2(CCNC2)CC1. The van der Waals surface area contributed by atoms with Crippen molar-refractivity contribution in [1.82, 2.24) is 21.1 Å². The molecule has 24 heavy (non-hydrogen) atoms. The molecule has 3 saturated heterocycles. The van der Waals surface area contributed by atoms with E-state index in [2.05, 4.69) is 49.1 Å². The predicted molar refractivity (Wildman–Crippen MR) is 97.3 cm³/mol. The number of hydrogen-bond acceptors (Lipinski definition) is 4. The highest BCUT2D eigenvalue weighted by atomic mass is 79.9. The summed E-state index contributed by atoms with van der Waals surface area (Å²) >= 11 is 3.47. The average molecular weight is 393 g/mol. The molecule has 1 aromatic rings. The standard InChI is InChI=1S/C18H25BrN4O/c19-14-3-1-13(2-4-14)15-11-16(22-21-15)17(24)23-9-6-18(7-10-23)5-8-20-12-18/h1-4,15-16,20-22H,5-12H2. The number of carbonyl (C=O) groups excluding carboxylic acids is 1. The first kappa shape index (κ1) is 16.5. The van der Waals surface area contributed by atoms with Gasteiger partial charge in [0.05, 0.1) is 0 Å². The Kier molecular flexibility index (Phi) is 4.64. The second-order valence-electron chi connectivity index (χ2n) is 7.43. The number of rotatable bonds is 2. The van der Waals surface area contributed by atoms with Gasteiger partial charge in [0.25, 0.3) is 0 Å². The zero-order valence-corrected chi connectivity index (χ0v) is 15.4. The Hall–Kier alpha value is -0.950. The van der Waals surface area contributed by atoms with Gasteiger partial charge < -0.3 is 10.2 Å². The molecule has 130 valence electrons. The van der Waals surface area contributed by atoms with Crippen LogP contribution in [0.25, 0.3) is 0 Å². The number of benzene rings is 1. The monoisotopic (exact) mass is 392 g/mol. The third-order valence-corrected chi connectivity index (χ3v) is 6.47. The number of likely N-dealkylation sites (tertiary alicyclic amines) is 1. The highest BCUT2D eigenvalue weighted by Crippen LogP contribution is 2.37. The second kappa shape index (κ2) is 6.75. The summed E-state index contributed by atoms with van der Waals surface area (Å²) in [6.45, 7) is 4.07. The topological polar surface area (TPSA) is 56.4 Å². The van der Waals surface area contributed by atoms with Crippen LogP contribution in [0.4, 0.5) is 0 Å². The van der Waals surface area contributed by atoms with Crippen LogP contribution < -0.4 is 16.2 Å². The Morgan fingerprint density at radius 2 is 1.88 bits per heavy atom. The summed E-state index contributed by atoms with van der Waals surface area (Å²) in [6.07, 6.45) is 4.36. The van der Waals surface area contributed by atoms with E-state index in [0.29, 0.717) is 5.41 Å². The van der Waals surface area contributed by atoms with Crippen molar-refractivity contribution in [2.45, 2.75) is 37.8 Å². The first-order valence-corrected chi connectivity index (χ1v) is 9.71. The quantitative estimate of drug-likeness (QED) is 0.719. The number of nitrogens with one attached hydrogen (secondary N) is 3. The summed E-state index contributed by atoms with van der Waals surface area (Å²) in [5, 5.41) is 3.48. The summed E-state index contributed by atoms with van der Waals surface area (Å²) in [5.41, 5.74) is 8.18. The molecule has 0 bridgehead atoms. The van der Waals surface area contributed by atoms with Crippen LogP contribution in [-0.2, 0) is 4.79 Å². The maximum atomic E-state index is 12.8. The van der Waals surface area contributed by atoms with E-state index in [1.54, 1.807) is 0 Å². The average Bonchev–Trinajstić information content (AvgIpc) is 3.26. The lowest BCUT2D eigenvalue weighted by Gasteiger charge is -2.39. The molecular formula is C18H25BrN4O. The van der Waals surface area contributed by atoms with Gasteiger partial charge in [0, 0.05) is 30.1 Å². The molecular weight excluding hydrogens is 368 g/mol. The van der Waals surface area contributed by atoms with Crippen LogP contribution in [-0.4, -0.2) is 43.0 Å². The molecule has 2 unspecified atom stereocenters. The Labute approximate surface area is 151 Å². The van der Waals surface area contributed by atoms with Gasteiger partial charge in [-0.1, -0.05) is 28.1 Å². The largest absolute Gasteiger partial charge is 0.341 e. The lowest BCUT2D eigenvalue weighted by atomic mass is 9.77. The Balaban J connectivity index is 1.33. The van der Waals surface area contributed by atoms with Crippen molar-refractivity contribution < 1.29 is 4.79 Å². The van der Waals surface area contributed by atoms with E-state index in [4.69, 9.17) is 0 Å². The number of hydrogen-bond donors (Lipinski definition) is 3. The van der Waals surface area contributed by atoms with Crippen LogP contribution in [0, 0.1) is 5.41 Å². The number of halogens is 1. The van der Waals surface area contributed by atoms with Crippen molar-refractivity contribution >= 4 is 21.8 Å².